The monoisotopic (exact) mass is 334 g/mol. The maximum Gasteiger partial charge on any atom is 0.113 e. The van der Waals surface area contributed by atoms with E-state index in [-0.39, 0.29) is 24.2 Å². The highest BCUT2D eigenvalue weighted by atomic mass is 35.5. The summed E-state index contributed by atoms with van der Waals surface area (Å²) in [5.74, 6) is 0.229. The second-order valence-corrected chi connectivity index (χ2v) is 7.39. The quantitative estimate of drug-likeness (QED) is 0.917. The number of aliphatic hydroxyl groups is 1. The molecule has 124 valence electrons. The first-order valence-corrected chi connectivity index (χ1v) is 8.53. The van der Waals surface area contributed by atoms with Gasteiger partial charge in [-0.3, -0.25) is 4.90 Å². The van der Waals surface area contributed by atoms with E-state index in [0.29, 0.717) is 0 Å². The van der Waals surface area contributed by atoms with E-state index in [1.165, 1.54) is 16.5 Å². The van der Waals surface area contributed by atoms with E-state index in [9.17, 15) is 5.11 Å². The molecule has 1 N–H and O–H groups in total. The molecule has 0 radical (unpaired) electrons. The number of benzene rings is 1. The molecule has 2 aliphatic rings. The molecule has 3 atom stereocenters. The number of piperidine rings is 1. The van der Waals surface area contributed by atoms with Crippen molar-refractivity contribution in [3.05, 3.63) is 34.5 Å². The predicted molar refractivity (Wildman–Crippen MR) is 91.9 cm³/mol. The second-order valence-electron chi connectivity index (χ2n) is 7.03. The minimum atomic E-state index is -0.377. The fraction of sp³-hybridized carbons (Fsp3) is 0.556. The predicted octanol–water partition coefficient (Wildman–Crippen LogP) is 2.54. The third-order valence-corrected chi connectivity index (χ3v) is 6.42. The molecule has 4 nitrogen and oxygen atoms in total. The van der Waals surface area contributed by atoms with Crippen LogP contribution < -0.4 is 0 Å². The number of likely N-dealkylation sites (N-methyl/N-ethyl adjacent to an activating group) is 1. The van der Waals surface area contributed by atoms with Gasteiger partial charge in [0.2, 0.25) is 0 Å². The molecule has 0 saturated carbocycles. The van der Waals surface area contributed by atoms with E-state index < -0.39 is 0 Å². The molecule has 1 unspecified atom stereocenters. The first-order valence-electron chi connectivity index (χ1n) is 8.16. The van der Waals surface area contributed by atoms with Gasteiger partial charge in [0.15, 0.2) is 0 Å². The second kappa shape index (κ2) is 5.21. The molecule has 5 heteroatoms. The maximum absolute atomic E-state index is 9.74. The maximum atomic E-state index is 9.74. The molecule has 1 aliphatic carbocycles. The van der Waals surface area contributed by atoms with E-state index in [0.717, 1.165) is 30.1 Å². The van der Waals surface area contributed by atoms with E-state index in [1.54, 1.807) is 7.11 Å². The van der Waals surface area contributed by atoms with Gasteiger partial charge in [0, 0.05) is 44.3 Å². The van der Waals surface area contributed by atoms with Crippen molar-refractivity contribution in [3.8, 4) is 0 Å². The molecule has 1 saturated heterocycles. The summed E-state index contributed by atoms with van der Waals surface area (Å²) in [5, 5.41) is 11.8. The zero-order valence-corrected chi connectivity index (χ0v) is 14.6. The molecule has 2 heterocycles. The minimum Gasteiger partial charge on any atom is -0.396 e. The minimum absolute atomic E-state index is 0.195. The Balaban J connectivity index is 2.02. The lowest BCUT2D eigenvalue weighted by atomic mass is 9.69. The average Bonchev–Trinajstić information content (AvgIpc) is 2.82. The number of hydrogen-bond donors (Lipinski definition) is 1. The number of methoxy groups -OCH3 is 1. The van der Waals surface area contributed by atoms with Crippen LogP contribution in [0.15, 0.2) is 18.2 Å². The van der Waals surface area contributed by atoms with Crippen molar-refractivity contribution in [1.82, 2.24) is 9.47 Å². The highest BCUT2D eigenvalue weighted by Crippen LogP contribution is 2.51. The molecule has 0 bridgehead atoms. The van der Waals surface area contributed by atoms with Crippen LogP contribution >= 0.6 is 11.6 Å². The molecule has 2 aromatic rings. The zero-order valence-electron chi connectivity index (χ0n) is 13.8. The Labute approximate surface area is 141 Å². The van der Waals surface area contributed by atoms with Crippen molar-refractivity contribution in [3.63, 3.8) is 0 Å². The summed E-state index contributed by atoms with van der Waals surface area (Å²) in [4.78, 5) is 2.33. The van der Waals surface area contributed by atoms with Crippen LogP contribution in [-0.2, 0) is 23.8 Å². The van der Waals surface area contributed by atoms with E-state index >= 15 is 0 Å². The van der Waals surface area contributed by atoms with Crippen molar-refractivity contribution in [2.24, 2.45) is 13.0 Å². The number of hydrogen-bond acceptors (Lipinski definition) is 3. The van der Waals surface area contributed by atoms with Gasteiger partial charge in [0.25, 0.3) is 0 Å². The standard InChI is InChI=1S/C18H23ClN2O2/c1-20-9-11(10-22)8-18(23-3)13-5-4-6-14-16(13)12(7-15(18)20)17(19)21(14)2/h4-6,11,15,22H,7-10H2,1-3H3/t11?,15-,18+/m1/s1. The van der Waals surface area contributed by atoms with Crippen LogP contribution in [0, 0.1) is 5.92 Å². The van der Waals surface area contributed by atoms with Crippen molar-refractivity contribution in [2.45, 2.75) is 24.5 Å². The summed E-state index contributed by atoms with van der Waals surface area (Å²) in [6.45, 7) is 1.09. The first kappa shape index (κ1) is 15.5. The number of aryl methyl sites for hydroxylation is 1. The molecular formula is C18H23ClN2O2. The summed E-state index contributed by atoms with van der Waals surface area (Å²) in [6.07, 6.45) is 1.73. The number of nitrogens with zero attached hydrogens (tertiary/aromatic N) is 2. The van der Waals surface area contributed by atoms with Gasteiger partial charge >= 0.3 is 0 Å². The Hall–Kier alpha value is -1.07. The lowest BCUT2D eigenvalue weighted by molar-refractivity contribution is -0.130. The Morgan fingerprint density at radius 2 is 2.17 bits per heavy atom. The fourth-order valence-electron chi connectivity index (χ4n) is 4.86. The van der Waals surface area contributed by atoms with Crippen LogP contribution in [0.3, 0.4) is 0 Å². The summed E-state index contributed by atoms with van der Waals surface area (Å²) >= 11 is 6.63. The number of fused-ring (bicyclic) bond motifs is 2. The highest BCUT2D eigenvalue weighted by molar-refractivity contribution is 6.32. The van der Waals surface area contributed by atoms with Crippen LogP contribution in [-0.4, -0.2) is 47.9 Å². The molecule has 23 heavy (non-hydrogen) atoms. The molecule has 0 amide bonds. The molecule has 1 aliphatic heterocycles. The topological polar surface area (TPSA) is 37.6 Å². The molecule has 1 aromatic heterocycles. The normalized spacial score (nSPS) is 30.7. The van der Waals surface area contributed by atoms with Crippen LogP contribution in [0.4, 0.5) is 0 Å². The summed E-state index contributed by atoms with van der Waals surface area (Å²) in [6, 6.07) is 6.62. The van der Waals surface area contributed by atoms with Gasteiger partial charge in [-0.2, -0.15) is 0 Å². The Morgan fingerprint density at radius 1 is 1.39 bits per heavy atom. The van der Waals surface area contributed by atoms with Gasteiger partial charge in [-0.25, -0.2) is 0 Å². The number of ether oxygens (including phenoxy) is 1. The lowest BCUT2D eigenvalue weighted by Crippen LogP contribution is -2.59. The molecule has 4 rings (SSSR count). The number of halogens is 1. The summed E-state index contributed by atoms with van der Waals surface area (Å²) < 4.78 is 8.25. The SMILES string of the molecule is CO[C@]12CC(CO)CN(C)[C@@H]1Cc1c(Cl)n(C)c3cccc2c13. The van der Waals surface area contributed by atoms with Crippen LogP contribution in [0.25, 0.3) is 10.9 Å². The lowest BCUT2D eigenvalue weighted by Gasteiger charge is -2.52. The van der Waals surface area contributed by atoms with E-state index in [2.05, 4.69) is 34.7 Å². The molecular weight excluding hydrogens is 312 g/mol. The average molecular weight is 335 g/mol. The van der Waals surface area contributed by atoms with Gasteiger partial charge in [-0.15, -0.1) is 0 Å². The van der Waals surface area contributed by atoms with Crippen molar-refractivity contribution in [2.75, 3.05) is 27.3 Å². The van der Waals surface area contributed by atoms with Crippen molar-refractivity contribution >= 4 is 22.5 Å². The smallest absolute Gasteiger partial charge is 0.113 e. The van der Waals surface area contributed by atoms with Crippen molar-refractivity contribution < 1.29 is 9.84 Å². The number of likely N-dealkylation sites (tertiary alicyclic amines) is 1. The highest BCUT2D eigenvalue weighted by Gasteiger charge is 2.52. The molecule has 1 fully saturated rings. The zero-order chi connectivity index (χ0) is 16.4. The summed E-state index contributed by atoms with van der Waals surface area (Å²) in [5.41, 5.74) is 3.23. The van der Waals surface area contributed by atoms with E-state index in [1.807, 2.05) is 7.05 Å². The number of aliphatic hydroxyl groups excluding tert-OH is 1. The largest absolute Gasteiger partial charge is 0.396 e. The van der Waals surface area contributed by atoms with Gasteiger partial charge < -0.3 is 14.4 Å². The number of rotatable bonds is 2. The summed E-state index contributed by atoms with van der Waals surface area (Å²) in [7, 11) is 5.95. The van der Waals surface area contributed by atoms with Gasteiger partial charge in [-0.05, 0) is 43.0 Å². The van der Waals surface area contributed by atoms with Crippen LogP contribution in [0.2, 0.25) is 5.15 Å². The van der Waals surface area contributed by atoms with Gasteiger partial charge in [0.1, 0.15) is 10.8 Å². The Morgan fingerprint density at radius 3 is 2.87 bits per heavy atom. The Kier molecular flexibility index (Phi) is 3.50. The van der Waals surface area contributed by atoms with Gasteiger partial charge in [0.05, 0.1) is 0 Å². The van der Waals surface area contributed by atoms with Crippen LogP contribution in [0.5, 0.6) is 0 Å². The molecule has 1 aromatic carbocycles. The molecule has 0 spiro atoms. The van der Waals surface area contributed by atoms with Gasteiger partial charge in [-0.1, -0.05) is 23.7 Å². The third kappa shape index (κ3) is 1.89. The van der Waals surface area contributed by atoms with Crippen LogP contribution in [0.1, 0.15) is 17.5 Å². The number of aromatic nitrogens is 1. The Bertz CT molecular complexity index is 772. The van der Waals surface area contributed by atoms with E-state index in [4.69, 9.17) is 16.3 Å². The van der Waals surface area contributed by atoms with Crippen molar-refractivity contribution in [1.29, 1.82) is 0 Å². The first-order chi connectivity index (χ1) is 11.0. The third-order valence-electron chi connectivity index (χ3n) is 5.93. The fourth-order valence-corrected chi connectivity index (χ4v) is 5.12.